The van der Waals surface area contributed by atoms with E-state index in [0.29, 0.717) is 5.71 Å². The van der Waals surface area contributed by atoms with Gasteiger partial charge < -0.3 is 9.40 Å². The van der Waals surface area contributed by atoms with E-state index in [1.165, 1.54) is 6.92 Å². The molecule has 0 saturated carbocycles. The Labute approximate surface area is 128 Å². The number of para-hydroxylation sites is 2. The molecule has 1 heterocycles. The van der Waals surface area contributed by atoms with Crippen LogP contribution in [0.1, 0.15) is 19.4 Å². The minimum Gasteiger partial charge on any atom is -0.318 e. The zero-order valence-corrected chi connectivity index (χ0v) is 12.5. The third kappa shape index (κ3) is 2.63. The fourth-order valence-corrected chi connectivity index (χ4v) is 2.45. The summed E-state index contributed by atoms with van der Waals surface area (Å²) in [7, 11) is 0. The molecule has 4 heteroatoms. The maximum absolute atomic E-state index is 10.9. The molecule has 0 saturated heterocycles. The minimum absolute atomic E-state index is 0.425. The second-order valence-corrected chi connectivity index (χ2v) is 5.03. The van der Waals surface area contributed by atoms with Gasteiger partial charge >= 0.3 is 5.97 Å². The number of aromatic nitrogens is 1. The predicted molar refractivity (Wildman–Crippen MR) is 87.3 cm³/mol. The number of carbonyl (C=O) groups excluding carboxylic acids is 1. The van der Waals surface area contributed by atoms with Crippen molar-refractivity contribution < 1.29 is 9.63 Å². The van der Waals surface area contributed by atoms with Gasteiger partial charge in [0.15, 0.2) is 0 Å². The van der Waals surface area contributed by atoms with Crippen LogP contribution in [0.2, 0.25) is 0 Å². The van der Waals surface area contributed by atoms with E-state index in [2.05, 4.69) is 27.9 Å². The van der Waals surface area contributed by atoms with Crippen LogP contribution in [0.25, 0.3) is 16.6 Å². The minimum atomic E-state index is -0.425. The molecule has 3 rings (SSSR count). The summed E-state index contributed by atoms with van der Waals surface area (Å²) in [5.74, 6) is -0.425. The molecule has 0 aliphatic rings. The molecule has 0 radical (unpaired) electrons. The van der Waals surface area contributed by atoms with E-state index < -0.39 is 5.97 Å². The molecule has 0 bridgehead atoms. The van der Waals surface area contributed by atoms with Crippen molar-refractivity contribution in [2.75, 3.05) is 0 Å². The molecular formula is C18H16N2O2. The van der Waals surface area contributed by atoms with Crippen molar-refractivity contribution in [1.29, 1.82) is 0 Å². The summed E-state index contributed by atoms with van der Waals surface area (Å²) < 4.78 is 2.11. The molecule has 0 atom stereocenters. The molecule has 110 valence electrons. The third-order valence-corrected chi connectivity index (χ3v) is 3.45. The molecule has 0 amide bonds. The first-order valence-corrected chi connectivity index (χ1v) is 7.05. The van der Waals surface area contributed by atoms with Crippen LogP contribution >= 0.6 is 0 Å². The molecule has 22 heavy (non-hydrogen) atoms. The van der Waals surface area contributed by atoms with Gasteiger partial charge in [-0.3, -0.25) is 0 Å². The molecule has 3 aromatic rings. The maximum Gasteiger partial charge on any atom is 0.331 e. The van der Waals surface area contributed by atoms with Gasteiger partial charge in [0, 0.05) is 29.8 Å². The van der Waals surface area contributed by atoms with Crippen molar-refractivity contribution in [3.63, 3.8) is 0 Å². The summed E-state index contributed by atoms with van der Waals surface area (Å²) in [5.41, 5.74) is 3.77. The Morgan fingerprint density at radius 1 is 1.00 bits per heavy atom. The molecule has 0 aliphatic carbocycles. The Balaban J connectivity index is 2.17. The molecule has 4 nitrogen and oxygen atoms in total. The Morgan fingerprint density at radius 3 is 2.41 bits per heavy atom. The summed E-state index contributed by atoms with van der Waals surface area (Å²) in [5, 5.41) is 4.97. The molecule has 0 unspecified atom stereocenters. The third-order valence-electron chi connectivity index (χ3n) is 3.45. The molecule has 0 N–H and O–H groups in total. The van der Waals surface area contributed by atoms with Crippen molar-refractivity contribution in [3.8, 4) is 5.69 Å². The summed E-state index contributed by atoms with van der Waals surface area (Å²) in [6, 6.07) is 18.2. The number of benzene rings is 2. The van der Waals surface area contributed by atoms with Crippen molar-refractivity contribution in [2.45, 2.75) is 13.8 Å². The first-order chi connectivity index (χ1) is 10.7. The van der Waals surface area contributed by atoms with E-state index in [0.717, 1.165) is 22.2 Å². The van der Waals surface area contributed by atoms with Crippen molar-refractivity contribution in [2.24, 2.45) is 5.16 Å². The predicted octanol–water partition coefficient (Wildman–Crippen LogP) is 3.92. The zero-order chi connectivity index (χ0) is 15.5. The van der Waals surface area contributed by atoms with Crippen LogP contribution < -0.4 is 0 Å². The molecular weight excluding hydrogens is 276 g/mol. The van der Waals surface area contributed by atoms with Crippen LogP contribution in [-0.4, -0.2) is 16.2 Å². The largest absolute Gasteiger partial charge is 0.331 e. The van der Waals surface area contributed by atoms with Crippen molar-refractivity contribution in [1.82, 2.24) is 4.57 Å². The van der Waals surface area contributed by atoms with Crippen molar-refractivity contribution >= 4 is 22.6 Å². The van der Waals surface area contributed by atoms with Crippen molar-refractivity contribution in [3.05, 3.63) is 66.4 Å². The first kappa shape index (κ1) is 14.1. The van der Waals surface area contributed by atoms with E-state index in [1.54, 1.807) is 0 Å². The lowest BCUT2D eigenvalue weighted by Crippen LogP contribution is -1.99. The quantitative estimate of drug-likeness (QED) is 0.417. The number of nitrogens with zero attached hydrogens (tertiary/aromatic N) is 2. The van der Waals surface area contributed by atoms with E-state index in [-0.39, 0.29) is 0 Å². The average Bonchev–Trinajstić information content (AvgIpc) is 2.93. The second kappa shape index (κ2) is 5.85. The lowest BCUT2D eigenvalue weighted by Gasteiger charge is -2.04. The van der Waals surface area contributed by atoms with Gasteiger partial charge in [0.2, 0.25) is 0 Å². The summed E-state index contributed by atoms with van der Waals surface area (Å²) in [6.07, 6.45) is 2.02. The highest BCUT2D eigenvalue weighted by atomic mass is 16.7. The molecule has 0 fully saturated rings. The Morgan fingerprint density at radius 2 is 1.68 bits per heavy atom. The van der Waals surface area contributed by atoms with Gasteiger partial charge in [-0.25, -0.2) is 4.79 Å². The van der Waals surface area contributed by atoms with Gasteiger partial charge in [-0.15, -0.1) is 0 Å². The highest BCUT2D eigenvalue weighted by Crippen LogP contribution is 2.25. The van der Waals surface area contributed by atoms with Gasteiger partial charge in [-0.2, -0.15) is 0 Å². The molecule has 2 aromatic carbocycles. The molecule has 0 aliphatic heterocycles. The number of oxime groups is 1. The van der Waals surface area contributed by atoms with Crippen LogP contribution in [0.4, 0.5) is 0 Å². The Kier molecular flexibility index (Phi) is 3.74. The van der Waals surface area contributed by atoms with Crippen LogP contribution in [-0.2, 0) is 9.63 Å². The van der Waals surface area contributed by atoms with Gasteiger partial charge in [-0.1, -0.05) is 41.6 Å². The Bertz CT molecular complexity index is 848. The maximum atomic E-state index is 10.9. The van der Waals surface area contributed by atoms with Crippen LogP contribution in [0.5, 0.6) is 0 Å². The average molecular weight is 292 g/mol. The van der Waals surface area contributed by atoms with E-state index >= 15 is 0 Å². The number of fused-ring (bicyclic) bond motifs is 1. The molecule has 1 aromatic heterocycles. The van der Waals surface area contributed by atoms with E-state index in [9.17, 15) is 4.79 Å². The van der Waals surface area contributed by atoms with E-state index in [1.807, 2.05) is 49.5 Å². The summed E-state index contributed by atoms with van der Waals surface area (Å²) in [4.78, 5) is 15.7. The molecule has 0 spiro atoms. The zero-order valence-electron chi connectivity index (χ0n) is 12.5. The van der Waals surface area contributed by atoms with Crippen LogP contribution in [0.15, 0.2) is 65.9 Å². The fourth-order valence-electron chi connectivity index (χ4n) is 2.45. The van der Waals surface area contributed by atoms with Gasteiger partial charge in [0.25, 0.3) is 0 Å². The number of rotatable bonds is 3. The van der Waals surface area contributed by atoms with Gasteiger partial charge in [-0.05, 0) is 25.1 Å². The fraction of sp³-hybridized carbons (Fsp3) is 0.111. The Hall–Kier alpha value is -2.88. The number of hydrogen-bond donors (Lipinski definition) is 0. The SMILES string of the molecule is CC(=O)O/N=C(\C)c1cn(-c2ccccc2)c2ccccc12. The lowest BCUT2D eigenvalue weighted by molar-refractivity contribution is -0.140. The van der Waals surface area contributed by atoms with Gasteiger partial charge in [0.05, 0.1) is 11.2 Å². The normalized spacial score (nSPS) is 11.6. The van der Waals surface area contributed by atoms with Crippen LogP contribution in [0, 0.1) is 0 Å². The lowest BCUT2D eigenvalue weighted by atomic mass is 10.1. The highest BCUT2D eigenvalue weighted by molar-refractivity contribution is 6.10. The second-order valence-electron chi connectivity index (χ2n) is 5.03. The monoisotopic (exact) mass is 292 g/mol. The standard InChI is InChI=1S/C18H16N2O2/c1-13(19-22-14(2)21)17-12-20(15-8-4-3-5-9-15)18-11-7-6-10-16(17)18/h3-12H,1-2H3/b19-13+. The first-order valence-electron chi connectivity index (χ1n) is 7.05. The summed E-state index contributed by atoms with van der Waals surface area (Å²) >= 11 is 0. The van der Waals surface area contributed by atoms with E-state index in [4.69, 9.17) is 4.84 Å². The number of hydrogen-bond acceptors (Lipinski definition) is 3. The number of carbonyl (C=O) groups is 1. The van der Waals surface area contributed by atoms with Crippen LogP contribution in [0.3, 0.4) is 0 Å². The van der Waals surface area contributed by atoms with Gasteiger partial charge in [0.1, 0.15) is 0 Å². The topological polar surface area (TPSA) is 43.6 Å². The smallest absolute Gasteiger partial charge is 0.318 e. The highest BCUT2D eigenvalue weighted by Gasteiger charge is 2.12. The summed E-state index contributed by atoms with van der Waals surface area (Å²) in [6.45, 7) is 3.17.